The van der Waals surface area contributed by atoms with Crippen molar-refractivity contribution in [2.75, 3.05) is 0 Å². The minimum Gasteiger partial charge on any atom is -0.508 e. The van der Waals surface area contributed by atoms with Crippen molar-refractivity contribution in [2.24, 2.45) is 0 Å². The topological polar surface area (TPSA) is 89.2 Å². The lowest BCUT2D eigenvalue weighted by Gasteiger charge is -2.03. The summed E-state index contributed by atoms with van der Waals surface area (Å²) in [5.41, 5.74) is 2.37. The highest BCUT2D eigenvalue weighted by Crippen LogP contribution is 2.24. The zero-order chi connectivity index (χ0) is 14.1. The van der Waals surface area contributed by atoms with E-state index in [1.54, 1.807) is 18.2 Å². The van der Waals surface area contributed by atoms with E-state index >= 15 is 0 Å². The van der Waals surface area contributed by atoms with Crippen LogP contribution in [-0.2, 0) is 0 Å². The number of non-ortho nitro benzene ring substituents is 1. The number of nitro benzene ring substituents is 1. The summed E-state index contributed by atoms with van der Waals surface area (Å²) < 4.78 is 0. The van der Waals surface area contributed by atoms with Crippen molar-refractivity contribution in [2.45, 2.75) is 0 Å². The van der Waals surface area contributed by atoms with Gasteiger partial charge in [-0.25, -0.2) is 4.98 Å². The van der Waals surface area contributed by atoms with Gasteiger partial charge in [0, 0.05) is 23.8 Å². The molecule has 1 aromatic heterocycles. The maximum Gasteiger partial charge on any atom is 0.270 e. The Morgan fingerprint density at radius 2 is 1.95 bits per heavy atom. The molecule has 0 aliphatic carbocycles. The molecular weight excluding hydrogens is 258 g/mol. The first-order chi connectivity index (χ1) is 9.63. The van der Waals surface area contributed by atoms with Gasteiger partial charge in [-0.05, 0) is 12.1 Å². The molecule has 2 aromatic carbocycles. The first kappa shape index (κ1) is 12.0. The molecule has 6 nitrogen and oxygen atoms in total. The number of fused-ring (bicyclic) bond motifs is 1. The van der Waals surface area contributed by atoms with Crippen molar-refractivity contribution in [1.29, 1.82) is 0 Å². The molecule has 0 fully saturated rings. The maximum atomic E-state index is 10.8. The number of phenolic OH excluding ortho intramolecular Hbond substituents is 1. The summed E-state index contributed by atoms with van der Waals surface area (Å²) in [7, 11) is 0. The zero-order valence-electron chi connectivity index (χ0n) is 10.2. The largest absolute Gasteiger partial charge is 0.508 e. The average Bonchev–Trinajstić information content (AvgIpc) is 2.47. The maximum absolute atomic E-state index is 10.8. The average molecular weight is 267 g/mol. The summed E-state index contributed by atoms with van der Waals surface area (Å²) in [6.07, 6.45) is 1.53. The van der Waals surface area contributed by atoms with E-state index in [1.807, 2.05) is 0 Å². The number of nitrogens with zero attached hydrogens (tertiary/aromatic N) is 3. The monoisotopic (exact) mass is 267 g/mol. The van der Waals surface area contributed by atoms with Crippen molar-refractivity contribution < 1.29 is 10.0 Å². The first-order valence-corrected chi connectivity index (χ1v) is 5.84. The summed E-state index contributed by atoms with van der Waals surface area (Å²) in [6.45, 7) is 0. The Morgan fingerprint density at radius 3 is 2.75 bits per heavy atom. The Hall–Kier alpha value is -3.02. The van der Waals surface area contributed by atoms with Gasteiger partial charge in [0.25, 0.3) is 5.69 Å². The highest BCUT2D eigenvalue weighted by Gasteiger charge is 2.09. The van der Waals surface area contributed by atoms with Gasteiger partial charge in [-0.15, -0.1) is 0 Å². The number of hydrogen-bond donors (Lipinski definition) is 1. The molecule has 0 bridgehead atoms. The number of phenols is 1. The molecule has 0 aliphatic rings. The van der Waals surface area contributed by atoms with Gasteiger partial charge in [0.2, 0.25) is 0 Å². The fourth-order valence-corrected chi connectivity index (χ4v) is 1.92. The van der Waals surface area contributed by atoms with E-state index in [2.05, 4.69) is 9.97 Å². The van der Waals surface area contributed by atoms with Crippen molar-refractivity contribution in [3.05, 3.63) is 58.8 Å². The summed E-state index contributed by atoms with van der Waals surface area (Å²) in [5.74, 6) is 0.120. The minimum atomic E-state index is -0.448. The van der Waals surface area contributed by atoms with Crippen LogP contribution in [-0.4, -0.2) is 20.0 Å². The van der Waals surface area contributed by atoms with E-state index in [-0.39, 0.29) is 11.4 Å². The third-order valence-electron chi connectivity index (χ3n) is 2.88. The number of nitro groups is 1. The molecule has 0 radical (unpaired) electrons. The number of aromatic nitrogens is 2. The van der Waals surface area contributed by atoms with Crippen molar-refractivity contribution in [1.82, 2.24) is 9.97 Å². The molecular formula is C14H9N3O3. The summed E-state index contributed by atoms with van der Waals surface area (Å²) in [6, 6.07) is 10.9. The van der Waals surface area contributed by atoms with Gasteiger partial charge in [0.1, 0.15) is 5.75 Å². The normalized spacial score (nSPS) is 10.6. The van der Waals surface area contributed by atoms with Crippen LogP contribution in [0, 0.1) is 10.1 Å². The standard InChI is InChI=1S/C14H9N3O3/c18-11-4-5-12-13(7-11)15-8-14(16-12)9-2-1-3-10(6-9)17(19)20/h1-8,18H. The minimum absolute atomic E-state index is 0.00935. The first-order valence-electron chi connectivity index (χ1n) is 5.84. The molecule has 20 heavy (non-hydrogen) atoms. The van der Waals surface area contributed by atoms with E-state index < -0.39 is 4.92 Å². The Kier molecular flexibility index (Phi) is 2.76. The molecule has 0 unspecified atom stereocenters. The van der Waals surface area contributed by atoms with Crippen LogP contribution in [0.3, 0.4) is 0 Å². The zero-order valence-corrected chi connectivity index (χ0v) is 10.2. The Morgan fingerprint density at radius 1 is 1.10 bits per heavy atom. The smallest absolute Gasteiger partial charge is 0.270 e. The quantitative estimate of drug-likeness (QED) is 0.569. The third-order valence-corrected chi connectivity index (χ3v) is 2.88. The molecule has 0 amide bonds. The lowest BCUT2D eigenvalue weighted by molar-refractivity contribution is -0.384. The SMILES string of the molecule is O=[N+]([O-])c1cccc(-c2cnc3cc(O)ccc3n2)c1. The summed E-state index contributed by atoms with van der Waals surface area (Å²) in [5, 5.41) is 20.1. The third kappa shape index (κ3) is 2.14. The van der Waals surface area contributed by atoms with Gasteiger partial charge in [-0.2, -0.15) is 0 Å². The van der Waals surface area contributed by atoms with Gasteiger partial charge in [0.05, 0.1) is 27.8 Å². The molecule has 1 N–H and O–H groups in total. The van der Waals surface area contributed by atoms with Crippen LogP contribution in [0.1, 0.15) is 0 Å². The van der Waals surface area contributed by atoms with Crippen LogP contribution in [0.2, 0.25) is 0 Å². The van der Waals surface area contributed by atoms with Crippen molar-refractivity contribution in [3.8, 4) is 17.0 Å². The Bertz CT molecular complexity index is 818. The second-order valence-electron chi connectivity index (χ2n) is 4.24. The molecule has 0 saturated carbocycles. The van der Waals surface area contributed by atoms with Crippen molar-refractivity contribution in [3.63, 3.8) is 0 Å². The predicted octanol–water partition coefficient (Wildman–Crippen LogP) is 2.91. The van der Waals surface area contributed by atoms with Gasteiger partial charge in [-0.3, -0.25) is 15.1 Å². The lowest BCUT2D eigenvalue weighted by atomic mass is 10.1. The molecule has 3 rings (SSSR count). The summed E-state index contributed by atoms with van der Waals surface area (Å²) in [4.78, 5) is 18.9. The second-order valence-corrected chi connectivity index (χ2v) is 4.24. The predicted molar refractivity (Wildman–Crippen MR) is 73.3 cm³/mol. The van der Waals surface area contributed by atoms with Gasteiger partial charge in [-0.1, -0.05) is 12.1 Å². The number of hydrogen-bond acceptors (Lipinski definition) is 5. The van der Waals surface area contributed by atoms with Crippen LogP contribution < -0.4 is 0 Å². The van der Waals surface area contributed by atoms with Crippen LogP contribution in [0.25, 0.3) is 22.3 Å². The molecule has 98 valence electrons. The van der Waals surface area contributed by atoms with Crippen LogP contribution in [0.4, 0.5) is 5.69 Å². The fourth-order valence-electron chi connectivity index (χ4n) is 1.92. The summed E-state index contributed by atoms with van der Waals surface area (Å²) >= 11 is 0. The van der Waals surface area contributed by atoms with Crippen LogP contribution in [0.5, 0.6) is 5.75 Å². The van der Waals surface area contributed by atoms with E-state index in [0.29, 0.717) is 22.3 Å². The van der Waals surface area contributed by atoms with E-state index in [1.165, 1.54) is 30.5 Å². The molecule has 0 aliphatic heterocycles. The van der Waals surface area contributed by atoms with E-state index in [9.17, 15) is 15.2 Å². The second kappa shape index (κ2) is 4.58. The van der Waals surface area contributed by atoms with Gasteiger partial charge >= 0.3 is 0 Å². The van der Waals surface area contributed by atoms with Crippen molar-refractivity contribution >= 4 is 16.7 Å². The van der Waals surface area contributed by atoms with Gasteiger partial charge in [0.15, 0.2) is 0 Å². The van der Waals surface area contributed by atoms with E-state index in [4.69, 9.17) is 0 Å². The molecule has 0 atom stereocenters. The number of rotatable bonds is 2. The Labute approximate surface area is 113 Å². The molecule has 6 heteroatoms. The molecule has 1 heterocycles. The number of aromatic hydroxyl groups is 1. The molecule has 3 aromatic rings. The Balaban J connectivity index is 2.12. The molecule has 0 spiro atoms. The highest BCUT2D eigenvalue weighted by molar-refractivity contribution is 5.78. The van der Waals surface area contributed by atoms with Crippen LogP contribution >= 0.6 is 0 Å². The fraction of sp³-hybridized carbons (Fsp3) is 0. The lowest BCUT2D eigenvalue weighted by Crippen LogP contribution is -1.91. The highest BCUT2D eigenvalue weighted by atomic mass is 16.6. The van der Waals surface area contributed by atoms with E-state index in [0.717, 1.165) is 0 Å². The van der Waals surface area contributed by atoms with Gasteiger partial charge < -0.3 is 5.11 Å². The molecule has 0 saturated heterocycles. The van der Waals surface area contributed by atoms with Crippen LogP contribution in [0.15, 0.2) is 48.7 Å². The number of benzene rings is 2.